The number of benzene rings is 1. The lowest BCUT2D eigenvalue weighted by atomic mass is 10.1. The molecule has 1 aromatic carbocycles. The molecule has 0 unspecified atom stereocenters. The van der Waals surface area contributed by atoms with Crippen LogP contribution in [-0.2, 0) is 16.1 Å². The molecule has 1 aliphatic carbocycles. The highest BCUT2D eigenvalue weighted by molar-refractivity contribution is 5.93. The van der Waals surface area contributed by atoms with Crippen molar-refractivity contribution in [2.75, 3.05) is 5.32 Å². The van der Waals surface area contributed by atoms with Crippen molar-refractivity contribution in [3.63, 3.8) is 0 Å². The molecule has 1 N–H and O–H groups in total. The number of carbonyl (C=O) groups is 2. The van der Waals surface area contributed by atoms with E-state index in [9.17, 15) is 9.59 Å². The van der Waals surface area contributed by atoms with E-state index < -0.39 is 6.10 Å². The predicted octanol–water partition coefficient (Wildman–Crippen LogP) is 3.72. The summed E-state index contributed by atoms with van der Waals surface area (Å²) in [6.45, 7) is 6.44. The van der Waals surface area contributed by atoms with E-state index in [-0.39, 0.29) is 23.8 Å². The molecule has 0 radical (unpaired) electrons. The molecular formula is C20H28N2O3. The van der Waals surface area contributed by atoms with Crippen LogP contribution in [0.3, 0.4) is 0 Å². The van der Waals surface area contributed by atoms with E-state index >= 15 is 0 Å². The molecule has 3 rings (SSSR count). The van der Waals surface area contributed by atoms with Gasteiger partial charge in [0.15, 0.2) is 6.10 Å². The highest BCUT2D eigenvalue weighted by Gasteiger charge is 2.30. The minimum Gasteiger partial charge on any atom is -0.481 e. The molecule has 5 nitrogen and oxygen atoms in total. The largest absolute Gasteiger partial charge is 0.481 e. The summed E-state index contributed by atoms with van der Waals surface area (Å²) in [7, 11) is 0. The highest BCUT2D eigenvalue weighted by Crippen LogP contribution is 2.31. The standard InChI is InChI=1S/C20H28N2O3/c1-4-13(2)22-12-16-11-17(21-19(23)15-7-5-6-8-15)9-10-18(16)25-14(3)20(22)24/h9-11,13-15H,4-8,12H2,1-3H3,(H,21,23)/t13-,14+/m1/s1. The second kappa shape index (κ2) is 7.46. The van der Waals surface area contributed by atoms with E-state index in [4.69, 9.17) is 4.74 Å². The van der Waals surface area contributed by atoms with Crippen LogP contribution in [0.1, 0.15) is 58.4 Å². The second-order valence-corrected chi connectivity index (χ2v) is 7.28. The van der Waals surface area contributed by atoms with Crippen molar-refractivity contribution in [2.45, 2.75) is 71.6 Å². The van der Waals surface area contributed by atoms with Crippen LogP contribution >= 0.6 is 0 Å². The van der Waals surface area contributed by atoms with E-state index in [2.05, 4.69) is 19.2 Å². The summed E-state index contributed by atoms with van der Waals surface area (Å²) in [6.07, 6.45) is 4.64. The van der Waals surface area contributed by atoms with E-state index in [1.807, 2.05) is 23.1 Å². The van der Waals surface area contributed by atoms with Crippen molar-refractivity contribution in [2.24, 2.45) is 5.92 Å². The fourth-order valence-electron chi connectivity index (χ4n) is 3.66. The summed E-state index contributed by atoms with van der Waals surface area (Å²) in [5, 5.41) is 3.04. The molecule has 0 aromatic heterocycles. The number of nitrogens with one attached hydrogen (secondary N) is 1. The van der Waals surface area contributed by atoms with Crippen molar-refractivity contribution in [3.8, 4) is 5.75 Å². The molecular weight excluding hydrogens is 316 g/mol. The second-order valence-electron chi connectivity index (χ2n) is 7.28. The highest BCUT2D eigenvalue weighted by atomic mass is 16.5. The lowest BCUT2D eigenvalue weighted by Crippen LogP contribution is -2.42. The fraction of sp³-hybridized carbons (Fsp3) is 0.600. The summed E-state index contributed by atoms with van der Waals surface area (Å²) >= 11 is 0. The average molecular weight is 344 g/mol. The Morgan fingerprint density at radius 1 is 1.36 bits per heavy atom. The molecule has 2 amide bonds. The molecule has 136 valence electrons. The van der Waals surface area contributed by atoms with Crippen molar-refractivity contribution >= 4 is 17.5 Å². The Hall–Kier alpha value is -2.04. The lowest BCUT2D eigenvalue weighted by molar-refractivity contribution is -0.139. The zero-order chi connectivity index (χ0) is 18.0. The summed E-state index contributed by atoms with van der Waals surface area (Å²) in [5.74, 6) is 0.982. The van der Waals surface area contributed by atoms with Gasteiger partial charge in [-0.3, -0.25) is 9.59 Å². The fourth-order valence-corrected chi connectivity index (χ4v) is 3.66. The molecule has 0 bridgehead atoms. The van der Waals surface area contributed by atoms with E-state index in [1.165, 1.54) is 0 Å². The van der Waals surface area contributed by atoms with Gasteiger partial charge in [-0.2, -0.15) is 0 Å². The number of ether oxygens (including phenoxy) is 1. The molecule has 1 heterocycles. The zero-order valence-electron chi connectivity index (χ0n) is 15.4. The van der Waals surface area contributed by atoms with Gasteiger partial charge in [0.1, 0.15) is 5.75 Å². The molecule has 1 fully saturated rings. The Morgan fingerprint density at radius 2 is 2.08 bits per heavy atom. The van der Waals surface area contributed by atoms with Gasteiger partial charge in [-0.05, 0) is 51.3 Å². The Kier molecular flexibility index (Phi) is 5.30. The van der Waals surface area contributed by atoms with Gasteiger partial charge in [0.2, 0.25) is 5.91 Å². The summed E-state index contributed by atoms with van der Waals surface area (Å²) in [6, 6.07) is 5.83. The Morgan fingerprint density at radius 3 is 2.76 bits per heavy atom. The number of fused-ring (bicyclic) bond motifs is 1. The Labute approximate surface area is 149 Å². The first-order chi connectivity index (χ1) is 12.0. The van der Waals surface area contributed by atoms with Gasteiger partial charge in [-0.15, -0.1) is 0 Å². The van der Waals surface area contributed by atoms with Gasteiger partial charge in [0, 0.05) is 29.8 Å². The topological polar surface area (TPSA) is 58.6 Å². The van der Waals surface area contributed by atoms with Gasteiger partial charge in [0.05, 0.1) is 0 Å². The summed E-state index contributed by atoms with van der Waals surface area (Å²) in [4.78, 5) is 26.8. The van der Waals surface area contributed by atoms with Crippen molar-refractivity contribution in [1.82, 2.24) is 4.90 Å². The minimum atomic E-state index is -0.492. The normalized spacial score (nSPS) is 22.1. The number of carbonyl (C=O) groups excluding carboxylic acids is 2. The maximum atomic E-state index is 12.6. The van der Waals surface area contributed by atoms with Crippen LogP contribution < -0.4 is 10.1 Å². The maximum Gasteiger partial charge on any atom is 0.263 e. The first kappa shape index (κ1) is 17.8. The van der Waals surface area contributed by atoms with Crippen molar-refractivity contribution in [1.29, 1.82) is 0 Å². The summed E-state index contributed by atoms with van der Waals surface area (Å²) < 4.78 is 5.85. The molecule has 1 saturated carbocycles. The SMILES string of the molecule is CC[C@@H](C)N1Cc2cc(NC(=O)C3CCCC3)ccc2O[C@@H](C)C1=O. The number of anilines is 1. The molecule has 0 saturated heterocycles. The molecule has 1 aliphatic heterocycles. The molecule has 1 aromatic rings. The Balaban J connectivity index is 1.81. The number of amides is 2. The van der Waals surface area contributed by atoms with Crippen LogP contribution in [0.2, 0.25) is 0 Å². The first-order valence-corrected chi connectivity index (χ1v) is 9.40. The smallest absolute Gasteiger partial charge is 0.263 e. The molecule has 2 atom stereocenters. The number of rotatable bonds is 4. The van der Waals surface area contributed by atoms with Gasteiger partial charge in [-0.25, -0.2) is 0 Å². The van der Waals surface area contributed by atoms with Gasteiger partial charge >= 0.3 is 0 Å². The monoisotopic (exact) mass is 344 g/mol. The summed E-state index contributed by atoms with van der Waals surface area (Å²) in [5.41, 5.74) is 1.73. The quantitative estimate of drug-likeness (QED) is 0.905. The molecule has 0 spiro atoms. The van der Waals surface area contributed by atoms with Crippen LogP contribution in [0.5, 0.6) is 5.75 Å². The van der Waals surface area contributed by atoms with E-state index in [1.54, 1.807) is 6.92 Å². The van der Waals surface area contributed by atoms with Crippen LogP contribution in [0, 0.1) is 5.92 Å². The van der Waals surface area contributed by atoms with Crippen molar-refractivity contribution in [3.05, 3.63) is 23.8 Å². The van der Waals surface area contributed by atoms with Gasteiger partial charge in [0.25, 0.3) is 5.91 Å². The number of hydrogen-bond acceptors (Lipinski definition) is 3. The maximum absolute atomic E-state index is 12.6. The third-order valence-electron chi connectivity index (χ3n) is 5.45. The van der Waals surface area contributed by atoms with Gasteiger partial charge in [-0.1, -0.05) is 19.8 Å². The van der Waals surface area contributed by atoms with Crippen LogP contribution in [0.25, 0.3) is 0 Å². The first-order valence-electron chi connectivity index (χ1n) is 9.40. The molecule has 5 heteroatoms. The van der Waals surface area contributed by atoms with Crippen molar-refractivity contribution < 1.29 is 14.3 Å². The van der Waals surface area contributed by atoms with E-state index in [0.29, 0.717) is 6.54 Å². The number of hydrogen-bond donors (Lipinski definition) is 1. The van der Waals surface area contributed by atoms with Gasteiger partial charge < -0.3 is 15.0 Å². The number of nitrogens with zero attached hydrogens (tertiary/aromatic N) is 1. The van der Waals surface area contributed by atoms with Crippen LogP contribution in [-0.4, -0.2) is 28.9 Å². The zero-order valence-corrected chi connectivity index (χ0v) is 15.4. The van der Waals surface area contributed by atoms with Crippen LogP contribution in [0.15, 0.2) is 18.2 Å². The van der Waals surface area contributed by atoms with Crippen LogP contribution in [0.4, 0.5) is 5.69 Å². The minimum absolute atomic E-state index is 0.0158. The lowest BCUT2D eigenvalue weighted by Gasteiger charge is -2.28. The average Bonchev–Trinajstić information content (AvgIpc) is 3.11. The molecule has 25 heavy (non-hydrogen) atoms. The third kappa shape index (κ3) is 3.80. The predicted molar refractivity (Wildman–Crippen MR) is 97.4 cm³/mol. The third-order valence-corrected chi connectivity index (χ3v) is 5.45. The molecule has 2 aliphatic rings. The Bertz CT molecular complexity index is 652. The van der Waals surface area contributed by atoms with E-state index in [0.717, 1.165) is 49.1 Å².